The fourth-order valence-electron chi connectivity index (χ4n) is 2.45. The molecule has 0 amide bonds. The lowest BCUT2D eigenvalue weighted by molar-refractivity contribution is 0.489. The van der Waals surface area contributed by atoms with Crippen LogP contribution in [0.5, 0.6) is 0 Å². The molecule has 114 valence electrons. The van der Waals surface area contributed by atoms with Crippen LogP contribution in [0.4, 0.5) is 0 Å². The van der Waals surface area contributed by atoms with Gasteiger partial charge in [0.15, 0.2) is 0 Å². The van der Waals surface area contributed by atoms with Gasteiger partial charge >= 0.3 is 0 Å². The molecule has 1 aromatic heterocycles. The molecular formula is C18H26N2S. The van der Waals surface area contributed by atoms with Crippen LogP contribution < -0.4 is 5.32 Å². The van der Waals surface area contributed by atoms with Crippen molar-refractivity contribution in [1.29, 1.82) is 0 Å². The van der Waals surface area contributed by atoms with Gasteiger partial charge in [0.2, 0.25) is 0 Å². The van der Waals surface area contributed by atoms with Crippen molar-refractivity contribution < 1.29 is 0 Å². The first kappa shape index (κ1) is 16.2. The summed E-state index contributed by atoms with van der Waals surface area (Å²) in [5, 5.41) is 6.80. The van der Waals surface area contributed by atoms with Crippen LogP contribution in [0.15, 0.2) is 35.7 Å². The van der Waals surface area contributed by atoms with E-state index in [1.54, 1.807) is 11.3 Å². The SMILES string of the molecule is CNCC(Cc1ccccc1)Cc1nc(C(C)(C)C)cs1. The summed E-state index contributed by atoms with van der Waals surface area (Å²) >= 11 is 1.80. The van der Waals surface area contributed by atoms with Gasteiger partial charge in [-0.1, -0.05) is 51.1 Å². The van der Waals surface area contributed by atoms with Crippen molar-refractivity contribution in [3.63, 3.8) is 0 Å². The van der Waals surface area contributed by atoms with Crippen LogP contribution in [0.1, 0.15) is 37.0 Å². The third-order valence-electron chi connectivity index (χ3n) is 3.64. The zero-order valence-corrected chi connectivity index (χ0v) is 14.3. The normalized spacial score (nSPS) is 13.3. The Hall–Kier alpha value is -1.19. The molecule has 0 saturated carbocycles. The van der Waals surface area contributed by atoms with E-state index in [1.807, 2.05) is 7.05 Å². The van der Waals surface area contributed by atoms with Gasteiger partial charge in [-0.05, 0) is 31.5 Å². The minimum Gasteiger partial charge on any atom is -0.319 e. The molecule has 0 spiro atoms. The van der Waals surface area contributed by atoms with Crippen molar-refractivity contribution in [3.05, 3.63) is 52.0 Å². The van der Waals surface area contributed by atoms with Gasteiger partial charge in [-0.25, -0.2) is 4.98 Å². The third kappa shape index (κ3) is 4.94. The minimum absolute atomic E-state index is 0.146. The number of nitrogens with one attached hydrogen (secondary N) is 1. The topological polar surface area (TPSA) is 24.9 Å². The zero-order valence-electron chi connectivity index (χ0n) is 13.5. The molecule has 2 aromatic rings. The molecule has 21 heavy (non-hydrogen) atoms. The molecule has 2 nitrogen and oxygen atoms in total. The monoisotopic (exact) mass is 302 g/mol. The number of nitrogens with zero attached hydrogens (tertiary/aromatic N) is 1. The van der Waals surface area contributed by atoms with Crippen molar-refractivity contribution >= 4 is 11.3 Å². The molecule has 0 aliphatic heterocycles. The lowest BCUT2D eigenvalue weighted by Crippen LogP contribution is -2.23. The number of benzene rings is 1. The molecule has 1 unspecified atom stereocenters. The lowest BCUT2D eigenvalue weighted by Gasteiger charge is -2.16. The lowest BCUT2D eigenvalue weighted by atomic mass is 9.93. The van der Waals surface area contributed by atoms with Crippen LogP contribution in [0.3, 0.4) is 0 Å². The quantitative estimate of drug-likeness (QED) is 0.870. The molecule has 0 aliphatic rings. The Morgan fingerprint density at radius 3 is 2.43 bits per heavy atom. The maximum atomic E-state index is 4.84. The molecular weight excluding hydrogens is 276 g/mol. The average Bonchev–Trinajstić information content (AvgIpc) is 2.89. The van der Waals surface area contributed by atoms with E-state index >= 15 is 0 Å². The second-order valence-corrected chi connectivity index (χ2v) is 7.64. The van der Waals surface area contributed by atoms with E-state index in [2.05, 4.69) is 61.8 Å². The van der Waals surface area contributed by atoms with Crippen LogP contribution in [-0.4, -0.2) is 18.6 Å². The van der Waals surface area contributed by atoms with E-state index < -0.39 is 0 Å². The predicted octanol–water partition coefficient (Wildman–Crippen LogP) is 4.06. The van der Waals surface area contributed by atoms with Crippen molar-refractivity contribution in [1.82, 2.24) is 10.3 Å². The first-order valence-electron chi connectivity index (χ1n) is 7.62. The van der Waals surface area contributed by atoms with Crippen molar-refractivity contribution in [3.8, 4) is 0 Å². The zero-order chi connectivity index (χ0) is 15.3. The first-order valence-corrected chi connectivity index (χ1v) is 8.50. The van der Waals surface area contributed by atoms with Gasteiger partial charge in [-0.2, -0.15) is 0 Å². The Balaban J connectivity index is 2.04. The van der Waals surface area contributed by atoms with Gasteiger partial charge in [0.1, 0.15) is 0 Å². The maximum Gasteiger partial charge on any atom is 0.0931 e. The molecule has 3 heteroatoms. The van der Waals surface area contributed by atoms with E-state index in [-0.39, 0.29) is 5.41 Å². The molecule has 1 aromatic carbocycles. The second kappa shape index (κ2) is 7.19. The molecule has 0 fully saturated rings. The van der Waals surface area contributed by atoms with Gasteiger partial charge < -0.3 is 5.32 Å². The summed E-state index contributed by atoms with van der Waals surface area (Å²) in [6, 6.07) is 10.7. The highest BCUT2D eigenvalue weighted by atomic mass is 32.1. The Morgan fingerprint density at radius 2 is 1.86 bits per heavy atom. The summed E-state index contributed by atoms with van der Waals surface area (Å²) in [5.74, 6) is 0.594. The Kier molecular flexibility index (Phi) is 5.54. The van der Waals surface area contributed by atoms with Gasteiger partial charge in [0, 0.05) is 17.2 Å². The summed E-state index contributed by atoms with van der Waals surface area (Å²) in [7, 11) is 2.03. The Labute approximate surface area is 132 Å². The highest BCUT2D eigenvalue weighted by Crippen LogP contribution is 2.25. The Morgan fingerprint density at radius 1 is 1.14 bits per heavy atom. The van der Waals surface area contributed by atoms with Crippen LogP contribution in [0.2, 0.25) is 0 Å². The second-order valence-electron chi connectivity index (χ2n) is 6.69. The third-order valence-corrected chi connectivity index (χ3v) is 4.51. The first-order chi connectivity index (χ1) is 9.99. The van der Waals surface area contributed by atoms with Crippen molar-refractivity contribution in [2.45, 2.75) is 39.0 Å². The highest BCUT2D eigenvalue weighted by Gasteiger charge is 2.19. The molecule has 0 radical (unpaired) electrons. The number of thiazole rings is 1. The summed E-state index contributed by atoms with van der Waals surface area (Å²) in [6.07, 6.45) is 2.16. The van der Waals surface area contributed by atoms with E-state index in [1.165, 1.54) is 16.3 Å². The van der Waals surface area contributed by atoms with E-state index in [4.69, 9.17) is 4.98 Å². The van der Waals surface area contributed by atoms with E-state index in [0.717, 1.165) is 19.4 Å². The molecule has 2 rings (SSSR count). The smallest absolute Gasteiger partial charge is 0.0931 e. The fourth-order valence-corrected chi connectivity index (χ4v) is 3.59. The summed E-state index contributed by atoms with van der Waals surface area (Å²) < 4.78 is 0. The summed E-state index contributed by atoms with van der Waals surface area (Å²) in [6.45, 7) is 7.70. The largest absolute Gasteiger partial charge is 0.319 e. The predicted molar refractivity (Wildman–Crippen MR) is 92.1 cm³/mol. The molecule has 1 atom stereocenters. The van der Waals surface area contributed by atoms with E-state index in [9.17, 15) is 0 Å². The van der Waals surface area contributed by atoms with Crippen LogP contribution in [0.25, 0.3) is 0 Å². The average molecular weight is 302 g/mol. The number of hydrogen-bond acceptors (Lipinski definition) is 3. The fraction of sp³-hybridized carbons (Fsp3) is 0.500. The Bertz CT molecular complexity index is 540. The number of hydrogen-bond donors (Lipinski definition) is 1. The number of aromatic nitrogens is 1. The molecule has 1 N–H and O–H groups in total. The molecule has 1 heterocycles. The van der Waals surface area contributed by atoms with Crippen LogP contribution >= 0.6 is 11.3 Å². The van der Waals surface area contributed by atoms with Crippen molar-refractivity contribution in [2.75, 3.05) is 13.6 Å². The molecule has 0 bridgehead atoms. The summed E-state index contributed by atoms with van der Waals surface area (Å²) in [5.41, 5.74) is 2.77. The van der Waals surface area contributed by atoms with Gasteiger partial charge in [-0.15, -0.1) is 11.3 Å². The van der Waals surface area contributed by atoms with Crippen LogP contribution in [0, 0.1) is 5.92 Å². The van der Waals surface area contributed by atoms with E-state index in [0.29, 0.717) is 5.92 Å². The van der Waals surface area contributed by atoms with Gasteiger partial charge in [-0.3, -0.25) is 0 Å². The van der Waals surface area contributed by atoms with Gasteiger partial charge in [0.25, 0.3) is 0 Å². The summed E-state index contributed by atoms with van der Waals surface area (Å²) in [4.78, 5) is 4.84. The number of rotatable bonds is 6. The highest BCUT2D eigenvalue weighted by molar-refractivity contribution is 7.09. The molecule has 0 aliphatic carbocycles. The maximum absolute atomic E-state index is 4.84. The van der Waals surface area contributed by atoms with Crippen LogP contribution in [-0.2, 0) is 18.3 Å². The minimum atomic E-state index is 0.146. The van der Waals surface area contributed by atoms with Crippen molar-refractivity contribution in [2.24, 2.45) is 5.92 Å². The molecule has 0 saturated heterocycles. The standard InChI is InChI=1S/C18H26N2S/c1-18(2,3)16-13-21-17(20-16)11-15(12-19-4)10-14-8-6-5-7-9-14/h5-9,13,15,19H,10-12H2,1-4H3. The van der Waals surface area contributed by atoms with Gasteiger partial charge in [0.05, 0.1) is 10.7 Å².